The number of hydrogen-bond donors (Lipinski definition) is 0. The fraction of sp³-hybridized carbons (Fsp3) is 0.348. The van der Waals surface area contributed by atoms with Gasteiger partial charge in [-0.1, -0.05) is 47.6 Å². The molecule has 0 amide bonds. The average Bonchev–Trinajstić information content (AvgIpc) is 2.78. The SMILES string of the molecule is COC(=O)Cc1ccc(CO/N=C(/CCCCOc2ccccc2)C(=O)OC)cc1. The summed E-state index contributed by atoms with van der Waals surface area (Å²) in [7, 11) is 2.67. The molecule has 7 heteroatoms. The Morgan fingerprint density at radius 1 is 0.867 bits per heavy atom. The van der Waals surface area contributed by atoms with E-state index >= 15 is 0 Å². The van der Waals surface area contributed by atoms with E-state index in [-0.39, 0.29) is 24.7 Å². The van der Waals surface area contributed by atoms with Gasteiger partial charge in [-0.3, -0.25) is 4.79 Å². The quantitative estimate of drug-likeness (QED) is 0.228. The molecule has 0 aliphatic carbocycles. The highest BCUT2D eigenvalue weighted by Crippen LogP contribution is 2.11. The largest absolute Gasteiger partial charge is 0.494 e. The fourth-order valence-electron chi connectivity index (χ4n) is 2.58. The summed E-state index contributed by atoms with van der Waals surface area (Å²) in [6.07, 6.45) is 2.14. The van der Waals surface area contributed by atoms with Crippen LogP contribution in [0, 0.1) is 0 Å². The Labute approximate surface area is 176 Å². The Kier molecular flexibility index (Phi) is 9.92. The van der Waals surface area contributed by atoms with Crippen molar-refractivity contribution in [1.29, 1.82) is 0 Å². The standard InChI is InChI=1S/C23H27NO6/c1-27-22(25)16-18-11-13-19(14-12-18)17-30-24-21(23(26)28-2)10-6-7-15-29-20-8-4-3-5-9-20/h3-5,8-9,11-14H,6-7,10,15-17H2,1-2H3/b24-21-. The maximum Gasteiger partial charge on any atom is 0.355 e. The molecule has 0 aromatic heterocycles. The Morgan fingerprint density at radius 3 is 2.23 bits per heavy atom. The van der Waals surface area contributed by atoms with E-state index in [9.17, 15) is 9.59 Å². The Morgan fingerprint density at radius 2 is 1.57 bits per heavy atom. The van der Waals surface area contributed by atoms with E-state index in [0.29, 0.717) is 19.4 Å². The van der Waals surface area contributed by atoms with Gasteiger partial charge in [0.2, 0.25) is 0 Å². The fourth-order valence-corrected chi connectivity index (χ4v) is 2.58. The minimum absolute atomic E-state index is 0.204. The first-order valence-electron chi connectivity index (χ1n) is 9.72. The number of methoxy groups -OCH3 is 2. The highest BCUT2D eigenvalue weighted by atomic mass is 16.6. The summed E-state index contributed by atoms with van der Waals surface area (Å²) in [6, 6.07) is 16.9. The average molecular weight is 413 g/mol. The lowest BCUT2D eigenvalue weighted by Crippen LogP contribution is -2.16. The maximum absolute atomic E-state index is 11.9. The number of unbranched alkanes of at least 4 members (excludes halogenated alkanes) is 1. The number of esters is 2. The summed E-state index contributed by atoms with van der Waals surface area (Å²) in [5.74, 6) is 0.0215. The number of hydrogen-bond acceptors (Lipinski definition) is 7. The molecular weight excluding hydrogens is 386 g/mol. The maximum atomic E-state index is 11.9. The zero-order valence-corrected chi connectivity index (χ0v) is 17.3. The molecular formula is C23H27NO6. The highest BCUT2D eigenvalue weighted by molar-refractivity contribution is 6.36. The van der Waals surface area contributed by atoms with Gasteiger partial charge in [0.05, 0.1) is 27.2 Å². The second kappa shape index (κ2) is 13.0. The molecule has 0 heterocycles. The molecule has 0 aliphatic heterocycles. The normalized spacial score (nSPS) is 10.9. The van der Waals surface area contributed by atoms with Crippen molar-refractivity contribution in [2.45, 2.75) is 32.3 Å². The van der Waals surface area contributed by atoms with Crippen molar-refractivity contribution in [2.24, 2.45) is 5.16 Å². The van der Waals surface area contributed by atoms with Crippen LogP contribution in [0.3, 0.4) is 0 Å². The van der Waals surface area contributed by atoms with Crippen LogP contribution in [-0.4, -0.2) is 38.5 Å². The Hall–Kier alpha value is -3.35. The van der Waals surface area contributed by atoms with Gasteiger partial charge in [0, 0.05) is 6.42 Å². The third kappa shape index (κ3) is 8.34. The monoisotopic (exact) mass is 413 g/mol. The van der Waals surface area contributed by atoms with E-state index < -0.39 is 5.97 Å². The van der Waals surface area contributed by atoms with Crippen LogP contribution in [0.25, 0.3) is 0 Å². The van der Waals surface area contributed by atoms with Crippen LogP contribution in [0.5, 0.6) is 5.75 Å². The Balaban J connectivity index is 1.77. The van der Waals surface area contributed by atoms with Crippen LogP contribution in [0.1, 0.15) is 30.4 Å². The number of nitrogens with zero attached hydrogens (tertiary/aromatic N) is 1. The Bertz CT molecular complexity index is 817. The third-order valence-corrected chi connectivity index (χ3v) is 4.25. The van der Waals surface area contributed by atoms with Gasteiger partial charge in [-0.05, 0) is 36.1 Å². The first kappa shape index (κ1) is 22.9. The van der Waals surface area contributed by atoms with Gasteiger partial charge in [0.15, 0.2) is 5.71 Å². The van der Waals surface area contributed by atoms with E-state index in [2.05, 4.69) is 9.89 Å². The molecule has 0 N–H and O–H groups in total. The molecule has 160 valence electrons. The summed E-state index contributed by atoms with van der Waals surface area (Å²) < 4.78 is 15.1. The van der Waals surface area contributed by atoms with E-state index in [4.69, 9.17) is 14.3 Å². The lowest BCUT2D eigenvalue weighted by atomic mass is 10.1. The van der Waals surface area contributed by atoms with Crippen molar-refractivity contribution in [2.75, 3.05) is 20.8 Å². The van der Waals surface area contributed by atoms with Crippen molar-refractivity contribution >= 4 is 17.7 Å². The summed E-state index contributed by atoms with van der Waals surface area (Å²) >= 11 is 0. The van der Waals surface area contributed by atoms with Crippen LogP contribution >= 0.6 is 0 Å². The second-order valence-electron chi connectivity index (χ2n) is 6.49. The number of ether oxygens (including phenoxy) is 3. The number of oxime groups is 1. The number of para-hydroxylation sites is 1. The summed E-state index contributed by atoms with van der Waals surface area (Å²) in [5.41, 5.74) is 1.95. The van der Waals surface area contributed by atoms with Gasteiger partial charge >= 0.3 is 11.9 Å². The van der Waals surface area contributed by atoms with Crippen LogP contribution in [0.15, 0.2) is 59.8 Å². The molecule has 0 unspecified atom stereocenters. The lowest BCUT2D eigenvalue weighted by molar-refractivity contribution is -0.139. The number of benzene rings is 2. The number of carbonyl (C=O) groups is 2. The molecule has 2 rings (SSSR count). The molecule has 7 nitrogen and oxygen atoms in total. The molecule has 0 saturated heterocycles. The summed E-state index contributed by atoms with van der Waals surface area (Å²) in [4.78, 5) is 28.5. The van der Waals surface area contributed by atoms with E-state index in [1.807, 2.05) is 54.6 Å². The van der Waals surface area contributed by atoms with Crippen LogP contribution in [0.2, 0.25) is 0 Å². The topological polar surface area (TPSA) is 83.4 Å². The molecule has 0 atom stereocenters. The van der Waals surface area contributed by atoms with E-state index in [0.717, 1.165) is 23.3 Å². The molecule has 2 aromatic rings. The minimum atomic E-state index is -0.507. The van der Waals surface area contributed by atoms with Gasteiger partial charge in [0.1, 0.15) is 12.4 Å². The molecule has 0 bridgehead atoms. The van der Waals surface area contributed by atoms with E-state index in [1.54, 1.807) is 0 Å². The van der Waals surface area contributed by atoms with Crippen LogP contribution < -0.4 is 4.74 Å². The van der Waals surface area contributed by atoms with Gasteiger partial charge in [0.25, 0.3) is 0 Å². The second-order valence-corrected chi connectivity index (χ2v) is 6.49. The van der Waals surface area contributed by atoms with Gasteiger partial charge < -0.3 is 19.0 Å². The lowest BCUT2D eigenvalue weighted by Gasteiger charge is -2.07. The summed E-state index contributed by atoms with van der Waals surface area (Å²) in [6.45, 7) is 0.757. The molecule has 2 aromatic carbocycles. The zero-order valence-electron chi connectivity index (χ0n) is 17.3. The summed E-state index contributed by atoms with van der Waals surface area (Å²) in [5, 5.41) is 3.96. The van der Waals surface area contributed by atoms with Crippen molar-refractivity contribution in [3.8, 4) is 5.75 Å². The van der Waals surface area contributed by atoms with Gasteiger partial charge in [-0.2, -0.15) is 0 Å². The highest BCUT2D eigenvalue weighted by Gasteiger charge is 2.12. The van der Waals surface area contributed by atoms with Gasteiger partial charge in [-0.15, -0.1) is 0 Å². The molecule has 0 saturated carbocycles. The number of carbonyl (C=O) groups excluding carboxylic acids is 2. The van der Waals surface area contributed by atoms with Crippen LogP contribution in [0.4, 0.5) is 0 Å². The van der Waals surface area contributed by atoms with Crippen molar-refractivity contribution in [3.63, 3.8) is 0 Å². The smallest absolute Gasteiger partial charge is 0.355 e. The van der Waals surface area contributed by atoms with Gasteiger partial charge in [-0.25, -0.2) is 4.79 Å². The first-order chi connectivity index (χ1) is 14.6. The third-order valence-electron chi connectivity index (χ3n) is 4.25. The van der Waals surface area contributed by atoms with E-state index in [1.165, 1.54) is 14.2 Å². The van der Waals surface area contributed by atoms with Crippen LogP contribution in [-0.2, 0) is 36.9 Å². The first-order valence-corrected chi connectivity index (χ1v) is 9.72. The molecule has 0 fully saturated rings. The molecule has 0 spiro atoms. The van der Waals surface area contributed by atoms with Crippen molar-refractivity contribution in [1.82, 2.24) is 0 Å². The number of rotatable bonds is 12. The van der Waals surface area contributed by atoms with Crippen molar-refractivity contribution in [3.05, 3.63) is 65.7 Å². The zero-order chi connectivity index (χ0) is 21.6. The predicted molar refractivity (Wildman–Crippen MR) is 112 cm³/mol. The minimum Gasteiger partial charge on any atom is -0.494 e. The predicted octanol–water partition coefficient (Wildman–Crippen LogP) is 3.70. The van der Waals surface area contributed by atoms with Crippen molar-refractivity contribution < 1.29 is 28.6 Å². The molecule has 30 heavy (non-hydrogen) atoms. The molecule has 0 aliphatic rings. The molecule has 0 radical (unpaired) electrons.